The number of hydrogen-bond acceptors (Lipinski definition) is 5. The molecule has 0 N–H and O–H groups in total. The third-order valence-electron chi connectivity index (χ3n) is 4.17. The zero-order valence-electron chi connectivity index (χ0n) is 12.5. The van der Waals surface area contributed by atoms with Crippen LogP contribution in [0.4, 0.5) is 0 Å². The van der Waals surface area contributed by atoms with E-state index in [0.29, 0.717) is 28.7 Å². The average molecular weight is 305 g/mol. The molecule has 0 amide bonds. The third-order valence-corrected chi connectivity index (χ3v) is 4.17. The molecule has 0 atom stereocenters. The van der Waals surface area contributed by atoms with Gasteiger partial charge in [-0.05, 0) is 37.1 Å². The summed E-state index contributed by atoms with van der Waals surface area (Å²) in [6.45, 7) is 0. The SMILES string of the molecule is N#Cc1ccc2c(c1)C(Oc1ccccn1)=NC1(CCCC1)O2. The molecular formula is C18H15N3O2. The predicted octanol–water partition coefficient (Wildman–Crippen LogP) is 3.44. The van der Waals surface area contributed by atoms with Crippen LogP contribution in [0.2, 0.25) is 0 Å². The molecule has 1 saturated carbocycles. The Balaban J connectivity index is 1.79. The van der Waals surface area contributed by atoms with Gasteiger partial charge in [-0.2, -0.15) is 5.26 Å². The highest BCUT2D eigenvalue weighted by Gasteiger charge is 2.40. The van der Waals surface area contributed by atoms with Crippen molar-refractivity contribution in [1.82, 2.24) is 4.98 Å². The zero-order valence-corrected chi connectivity index (χ0v) is 12.5. The van der Waals surface area contributed by atoms with E-state index in [1.165, 1.54) is 0 Å². The van der Waals surface area contributed by atoms with Gasteiger partial charge in [0.2, 0.25) is 17.5 Å². The zero-order chi connectivity index (χ0) is 15.7. The van der Waals surface area contributed by atoms with Gasteiger partial charge in [0, 0.05) is 25.1 Å². The number of aliphatic imine (C=N–C) groups is 1. The van der Waals surface area contributed by atoms with Gasteiger partial charge in [-0.15, -0.1) is 0 Å². The first-order valence-corrected chi connectivity index (χ1v) is 7.70. The van der Waals surface area contributed by atoms with E-state index in [2.05, 4.69) is 11.1 Å². The Labute approximate surface area is 134 Å². The first kappa shape index (κ1) is 13.8. The number of fused-ring (bicyclic) bond motifs is 1. The van der Waals surface area contributed by atoms with Crippen LogP contribution in [0.5, 0.6) is 11.6 Å². The molecule has 114 valence electrons. The van der Waals surface area contributed by atoms with E-state index in [1.54, 1.807) is 24.4 Å². The van der Waals surface area contributed by atoms with E-state index in [4.69, 9.17) is 19.7 Å². The Kier molecular flexibility index (Phi) is 3.23. The van der Waals surface area contributed by atoms with Crippen molar-refractivity contribution >= 4 is 5.90 Å². The molecule has 1 aromatic heterocycles. The lowest BCUT2D eigenvalue weighted by atomic mass is 10.1. The van der Waals surface area contributed by atoms with Crippen molar-refractivity contribution < 1.29 is 9.47 Å². The smallest absolute Gasteiger partial charge is 0.231 e. The Morgan fingerprint density at radius 2 is 2.04 bits per heavy atom. The number of aromatic nitrogens is 1. The number of benzene rings is 1. The number of hydrogen-bond donors (Lipinski definition) is 0. The molecule has 1 aliphatic heterocycles. The van der Waals surface area contributed by atoms with E-state index in [1.807, 2.05) is 18.2 Å². The highest BCUT2D eigenvalue weighted by atomic mass is 16.5. The van der Waals surface area contributed by atoms with Crippen LogP contribution in [0.3, 0.4) is 0 Å². The van der Waals surface area contributed by atoms with Crippen molar-refractivity contribution in [3.05, 3.63) is 53.7 Å². The third kappa shape index (κ3) is 2.53. The molecule has 1 spiro atoms. The molecule has 2 aromatic rings. The molecular weight excluding hydrogens is 290 g/mol. The predicted molar refractivity (Wildman–Crippen MR) is 84.4 cm³/mol. The molecule has 5 nitrogen and oxygen atoms in total. The van der Waals surface area contributed by atoms with Crippen molar-refractivity contribution in [2.75, 3.05) is 0 Å². The van der Waals surface area contributed by atoms with Gasteiger partial charge in [0.05, 0.1) is 17.2 Å². The molecule has 1 fully saturated rings. The van der Waals surface area contributed by atoms with Gasteiger partial charge in [-0.3, -0.25) is 0 Å². The topological polar surface area (TPSA) is 67.5 Å². The maximum absolute atomic E-state index is 9.14. The number of nitriles is 1. The fourth-order valence-corrected chi connectivity index (χ4v) is 3.05. The highest BCUT2D eigenvalue weighted by Crippen LogP contribution is 2.41. The van der Waals surface area contributed by atoms with Crippen LogP contribution in [0, 0.1) is 11.3 Å². The van der Waals surface area contributed by atoms with E-state index in [0.717, 1.165) is 25.7 Å². The van der Waals surface area contributed by atoms with Crippen molar-refractivity contribution in [3.63, 3.8) is 0 Å². The Hall–Kier alpha value is -2.87. The first-order valence-electron chi connectivity index (χ1n) is 7.70. The van der Waals surface area contributed by atoms with E-state index in [9.17, 15) is 0 Å². The van der Waals surface area contributed by atoms with Gasteiger partial charge in [-0.25, -0.2) is 9.98 Å². The lowest BCUT2D eigenvalue weighted by molar-refractivity contribution is 0.0787. The average Bonchev–Trinajstić information content (AvgIpc) is 3.03. The summed E-state index contributed by atoms with van der Waals surface area (Å²) in [7, 11) is 0. The van der Waals surface area contributed by atoms with Gasteiger partial charge >= 0.3 is 0 Å². The highest BCUT2D eigenvalue weighted by molar-refractivity contribution is 5.99. The minimum Gasteiger partial charge on any atom is -0.465 e. The van der Waals surface area contributed by atoms with E-state index < -0.39 is 5.72 Å². The second-order valence-electron chi connectivity index (χ2n) is 5.77. The number of ether oxygens (including phenoxy) is 2. The summed E-state index contributed by atoms with van der Waals surface area (Å²) in [6, 6.07) is 12.9. The quantitative estimate of drug-likeness (QED) is 0.809. The second kappa shape index (κ2) is 5.40. The fourth-order valence-electron chi connectivity index (χ4n) is 3.05. The number of pyridine rings is 1. The van der Waals surface area contributed by atoms with E-state index in [-0.39, 0.29) is 0 Å². The van der Waals surface area contributed by atoms with E-state index >= 15 is 0 Å². The van der Waals surface area contributed by atoms with Crippen molar-refractivity contribution in [1.29, 1.82) is 5.26 Å². The van der Waals surface area contributed by atoms with Crippen LogP contribution in [0.15, 0.2) is 47.6 Å². The first-order chi connectivity index (χ1) is 11.3. The minimum atomic E-state index is -0.536. The molecule has 1 aromatic carbocycles. The van der Waals surface area contributed by atoms with Gasteiger partial charge in [0.1, 0.15) is 5.75 Å². The molecule has 0 bridgehead atoms. The fraction of sp³-hybridized carbons (Fsp3) is 0.278. The van der Waals surface area contributed by atoms with Crippen LogP contribution in [0.1, 0.15) is 36.8 Å². The molecule has 4 rings (SSSR count). The summed E-state index contributed by atoms with van der Waals surface area (Å²) < 4.78 is 12.1. The molecule has 0 radical (unpaired) electrons. The summed E-state index contributed by atoms with van der Waals surface area (Å²) in [6.07, 6.45) is 5.61. The molecule has 5 heteroatoms. The van der Waals surface area contributed by atoms with Crippen molar-refractivity contribution in [2.45, 2.75) is 31.4 Å². The van der Waals surface area contributed by atoms with Gasteiger partial charge in [0.25, 0.3) is 0 Å². The van der Waals surface area contributed by atoms with Crippen LogP contribution < -0.4 is 9.47 Å². The number of nitrogens with zero attached hydrogens (tertiary/aromatic N) is 3. The van der Waals surface area contributed by atoms with Gasteiger partial charge < -0.3 is 9.47 Å². The maximum atomic E-state index is 9.14. The van der Waals surface area contributed by atoms with Gasteiger partial charge in [-0.1, -0.05) is 6.07 Å². The van der Waals surface area contributed by atoms with Crippen molar-refractivity contribution in [2.24, 2.45) is 4.99 Å². The van der Waals surface area contributed by atoms with Crippen LogP contribution in [-0.4, -0.2) is 16.6 Å². The minimum absolute atomic E-state index is 0.476. The Morgan fingerprint density at radius 3 is 2.78 bits per heavy atom. The summed E-state index contributed by atoms with van der Waals surface area (Å²) in [5.74, 6) is 1.67. The van der Waals surface area contributed by atoms with Crippen molar-refractivity contribution in [3.8, 4) is 17.7 Å². The van der Waals surface area contributed by atoms with Crippen LogP contribution >= 0.6 is 0 Å². The normalized spacial score (nSPS) is 17.8. The largest absolute Gasteiger partial charge is 0.465 e. The standard InChI is InChI=1S/C18H15N3O2/c19-12-13-6-7-15-14(11-13)17(22-16-5-1-4-10-20-16)21-18(23-15)8-2-3-9-18/h1,4-7,10-11H,2-3,8-9H2. The van der Waals surface area contributed by atoms with Gasteiger partial charge in [0.15, 0.2) is 0 Å². The number of rotatable bonds is 1. The summed E-state index contributed by atoms with van der Waals surface area (Å²) in [5, 5.41) is 9.14. The monoisotopic (exact) mass is 305 g/mol. The maximum Gasteiger partial charge on any atom is 0.231 e. The van der Waals surface area contributed by atoms with Crippen LogP contribution in [-0.2, 0) is 0 Å². The Bertz CT molecular complexity index is 803. The molecule has 2 aliphatic rings. The van der Waals surface area contributed by atoms with Crippen LogP contribution in [0.25, 0.3) is 0 Å². The summed E-state index contributed by atoms with van der Waals surface area (Å²) in [4.78, 5) is 8.94. The molecule has 0 saturated heterocycles. The summed E-state index contributed by atoms with van der Waals surface area (Å²) >= 11 is 0. The Morgan fingerprint density at radius 1 is 1.17 bits per heavy atom. The molecule has 1 aliphatic carbocycles. The second-order valence-corrected chi connectivity index (χ2v) is 5.77. The summed E-state index contributed by atoms with van der Waals surface area (Å²) in [5.41, 5.74) is 0.713. The lowest BCUT2D eigenvalue weighted by Crippen LogP contribution is -2.37. The molecule has 2 heterocycles. The molecule has 23 heavy (non-hydrogen) atoms. The molecule has 0 unspecified atom stereocenters. The lowest BCUT2D eigenvalue weighted by Gasteiger charge is -2.32.